The van der Waals surface area contributed by atoms with Gasteiger partial charge in [0.2, 0.25) is 0 Å². The first-order chi connectivity index (χ1) is 8.09. The molecule has 3 heteroatoms. The first-order valence-corrected chi connectivity index (χ1v) is 6.17. The molecule has 0 aromatic heterocycles. The third-order valence-corrected chi connectivity index (χ3v) is 2.58. The van der Waals surface area contributed by atoms with Crippen molar-refractivity contribution in [2.75, 3.05) is 13.2 Å². The van der Waals surface area contributed by atoms with E-state index in [1.54, 1.807) is 0 Å². The van der Waals surface area contributed by atoms with Gasteiger partial charge in [-0.3, -0.25) is 0 Å². The van der Waals surface area contributed by atoms with Crippen LogP contribution < -0.4 is 5.32 Å². The topological polar surface area (TPSA) is 41.5 Å². The smallest absolute Gasteiger partial charge is 0.0898 e. The molecule has 1 aromatic rings. The van der Waals surface area contributed by atoms with E-state index in [9.17, 15) is 5.11 Å². The lowest BCUT2D eigenvalue weighted by Crippen LogP contribution is -2.32. The normalized spacial score (nSPS) is 14.9. The Labute approximate surface area is 104 Å². The molecule has 0 saturated carbocycles. The molecule has 0 spiro atoms. The van der Waals surface area contributed by atoms with Gasteiger partial charge in [-0.1, -0.05) is 30.3 Å². The number of nitrogens with one attached hydrogen (secondary N) is 1. The van der Waals surface area contributed by atoms with Crippen molar-refractivity contribution in [3.05, 3.63) is 35.9 Å². The second-order valence-corrected chi connectivity index (χ2v) is 4.58. The van der Waals surface area contributed by atoms with Gasteiger partial charge in [-0.15, -0.1) is 0 Å². The predicted octanol–water partition coefficient (Wildman–Crippen LogP) is 2.12. The molecule has 1 rings (SSSR count). The molecule has 1 unspecified atom stereocenters. The first kappa shape index (κ1) is 14.2. The van der Waals surface area contributed by atoms with E-state index in [0.717, 1.165) is 0 Å². The van der Waals surface area contributed by atoms with E-state index >= 15 is 0 Å². The summed E-state index contributed by atoms with van der Waals surface area (Å²) < 4.78 is 5.35. The van der Waals surface area contributed by atoms with Crippen molar-refractivity contribution in [2.24, 2.45) is 0 Å². The standard InChI is InChI=1S/C14H23NO2/c1-11(2)17-10-14(16)9-15-12(3)13-7-5-4-6-8-13/h4-8,11-12,14-16H,9-10H2,1-3H3/t12-,14?/m0/s1. The Kier molecular flexibility index (Phi) is 6.19. The minimum atomic E-state index is -0.455. The summed E-state index contributed by atoms with van der Waals surface area (Å²) in [5.41, 5.74) is 1.23. The number of rotatable bonds is 7. The third kappa shape index (κ3) is 5.82. The van der Waals surface area contributed by atoms with E-state index in [1.807, 2.05) is 32.0 Å². The lowest BCUT2D eigenvalue weighted by molar-refractivity contribution is 0.00560. The maximum atomic E-state index is 9.71. The number of aliphatic hydroxyl groups is 1. The van der Waals surface area contributed by atoms with Gasteiger partial charge in [0.1, 0.15) is 0 Å². The van der Waals surface area contributed by atoms with Gasteiger partial charge in [0.15, 0.2) is 0 Å². The van der Waals surface area contributed by atoms with Crippen LogP contribution in [-0.4, -0.2) is 30.5 Å². The van der Waals surface area contributed by atoms with Crippen molar-refractivity contribution >= 4 is 0 Å². The average Bonchev–Trinajstić information content (AvgIpc) is 2.34. The van der Waals surface area contributed by atoms with Crippen LogP contribution in [0.2, 0.25) is 0 Å². The van der Waals surface area contributed by atoms with Gasteiger partial charge in [0.25, 0.3) is 0 Å². The van der Waals surface area contributed by atoms with Gasteiger partial charge in [-0.2, -0.15) is 0 Å². The number of benzene rings is 1. The summed E-state index contributed by atoms with van der Waals surface area (Å²) in [6.45, 7) is 6.94. The quantitative estimate of drug-likeness (QED) is 0.763. The monoisotopic (exact) mass is 237 g/mol. The van der Waals surface area contributed by atoms with Gasteiger partial charge >= 0.3 is 0 Å². The lowest BCUT2D eigenvalue weighted by atomic mass is 10.1. The number of hydrogen-bond donors (Lipinski definition) is 2. The largest absolute Gasteiger partial charge is 0.389 e. The highest BCUT2D eigenvalue weighted by atomic mass is 16.5. The Morgan fingerprint density at radius 2 is 1.82 bits per heavy atom. The van der Waals surface area contributed by atoms with Gasteiger partial charge in [0, 0.05) is 12.6 Å². The summed E-state index contributed by atoms with van der Waals surface area (Å²) in [7, 11) is 0. The molecule has 0 amide bonds. The van der Waals surface area contributed by atoms with Crippen LogP contribution in [0.4, 0.5) is 0 Å². The molecule has 0 heterocycles. The Bertz CT molecular complexity index is 300. The fraction of sp³-hybridized carbons (Fsp3) is 0.571. The van der Waals surface area contributed by atoms with Crippen molar-refractivity contribution in [2.45, 2.75) is 39.0 Å². The molecule has 0 radical (unpaired) electrons. The SMILES string of the molecule is CC(C)OCC(O)CN[C@@H](C)c1ccccc1. The van der Waals surface area contributed by atoms with E-state index in [0.29, 0.717) is 13.2 Å². The third-order valence-electron chi connectivity index (χ3n) is 2.58. The van der Waals surface area contributed by atoms with Gasteiger partial charge < -0.3 is 15.2 Å². The molecule has 1 aromatic carbocycles. The van der Waals surface area contributed by atoms with E-state index in [1.165, 1.54) is 5.56 Å². The van der Waals surface area contributed by atoms with Crippen LogP contribution >= 0.6 is 0 Å². The second-order valence-electron chi connectivity index (χ2n) is 4.58. The van der Waals surface area contributed by atoms with Crippen molar-refractivity contribution in [3.8, 4) is 0 Å². The second kappa shape index (κ2) is 7.43. The fourth-order valence-corrected chi connectivity index (χ4v) is 1.53. The summed E-state index contributed by atoms with van der Waals surface area (Å²) in [6, 6.07) is 10.4. The van der Waals surface area contributed by atoms with Crippen LogP contribution in [0.1, 0.15) is 32.4 Å². The lowest BCUT2D eigenvalue weighted by Gasteiger charge is -2.18. The molecule has 0 bridgehead atoms. The highest BCUT2D eigenvalue weighted by Gasteiger charge is 2.09. The minimum Gasteiger partial charge on any atom is -0.389 e. The molecule has 0 saturated heterocycles. The van der Waals surface area contributed by atoms with Crippen molar-refractivity contribution in [1.29, 1.82) is 0 Å². The zero-order chi connectivity index (χ0) is 12.7. The van der Waals surface area contributed by atoms with Crippen LogP contribution in [0.3, 0.4) is 0 Å². The van der Waals surface area contributed by atoms with Gasteiger partial charge in [0.05, 0.1) is 18.8 Å². The van der Waals surface area contributed by atoms with Crippen LogP contribution in [0.15, 0.2) is 30.3 Å². The molecule has 0 aliphatic carbocycles. The summed E-state index contributed by atoms with van der Waals surface area (Å²) in [5, 5.41) is 13.0. The fourth-order valence-electron chi connectivity index (χ4n) is 1.53. The average molecular weight is 237 g/mol. The van der Waals surface area contributed by atoms with Crippen molar-refractivity contribution < 1.29 is 9.84 Å². The van der Waals surface area contributed by atoms with E-state index in [2.05, 4.69) is 24.4 Å². The molecule has 2 atom stereocenters. The molecule has 17 heavy (non-hydrogen) atoms. The zero-order valence-electron chi connectivity index (χ0n) is 10.9. The number of ether oxygens (including phenoxy) is 1. The molecule has 0 fully saturated rings. The molecular weight excluding hydrogens is 214 g/mol. The highest BCUT2D eigenvalue weighted by molar-refractivity contribution is 5.17. The number of hydrogen-bond acceptors (Lipinski definition) is 3. The molecule has 0 aliphatic heterocycles. The minimum absolute atomic E-state index is 0.163. The van der Waals surface area contributed by atoms with E-state index in [4.69, 9.17) is 4.74 Å². The maximum absolute atomic E-state index is 9.71. The summed E-state index contributed by atoms with van der Waals surface area (Å²) in [4.78, 5) is 0. The van der Waals surface area contributed by atoms with E-state index < -0.39 is 6.10 Å². The molecule has 2 N–H and O–H groups in total. The molecule has 96 valence electrons. The van der Waals surface area contributed by atoms with Crippen LogP contribution in [0.5, 0.6) is 0 Å². The Balaban J connectivity index is 2.26. The summed E-state index contributed by atoms with van der Waals surface area (Å²) in [6.07, 6.45) is -0.292. The predicted molar refractivity (Wildman–Crippen MR) is 70.0 cm³/mol. The summed E-state index contributed by atoms with van der Waals surface area (Å²) in [5.74, 6) is 0. The van der Waals surface area contributed by atoms with Gasteiger partial charge in [-0.25, -0.2) is 0 Å². The molecule has 0 aliphatic rings. The van der Waals surface area contributed by atoms with Crippen LogP contribution in [0.25, 0.3) is 0 Å². The van der Waals surface area contributed by atoms with E-state index in [-0.39, 0.29) is 12.1 Å². The molecular formula is C14H23NO2. The first-order valence-electron chi connectivity index (χ1n) is 6.17. The zero-order valence-corrected chi connectivity index (χ0v) is 10.9. The van der Waals surface area contributed by atoms with Crippen molar-refractivity contribution in [3.63, 3.8) is 0 Å². The number of aliphatic hydroxyl groups excluding tert-OH is 1. The Morgan fingerprint density at radius 1 is 1.18 bits per heavy atom. The Morgan fingerprint density at radius 3 is 2.41 bits per heavy atom. The Hall–Kier alpha value is -0.900. The molecule has 3 nitrogen and oxygen atoms in total. The van der Waals surface area contributed by atoms with Gasteiger partial charge in [-0.05, 0) is 26.3 Å². The van der Waals surface area contributed by atoms with Crippen LogP contribution in [0, 0.1) is 0 Å². The maximum Gasteiger partial charge on any atom is 0.0898 e. The van der Waals surface area contributed by atoms with Crippen LogP contribution in [-0.2, 0) is 4.74 Å². The highest BCUT2D eigenvalue weighted by Crippen LogP contribution is 2.10. The van der Waals surface area contributed by atoms with Crippen molar-refractivity contribution in [1.82, 2.24) is 5.32 Å². The summed E-state index contributed by atoms with van der Waals surface area (Å²) >= 11 is 0.